The van der Waals surface area contributed by atoms with Crippen LogP contribution in [0.4, 0.5) is 5.69 Å². The molecular weight excluding hydrogens is 182 g/mol. The molecule has 4 heteroatoms. The Morgan fingerprint density at radius 1 is 1.50 bits per heavy atom. The van der Waals surface area contributed by atoms with Crippen molar-refractivity contribution >= 4 is 11.6 Å². The number of aliphatic hydroxyl groups excluding tert-OH is 1. The summed E-state index contributed by atoms with van der Waals surface area (Å²) in [5.41, 5.74) is 0.556. The molecule has 2 N–H and O–H groups in total. The fraction of sp³-hybridized carbons (Fsp3) is 0.300. The van der Waals surface area contributed by atoms with Crippen LogP contribution < -0.4 is 10.1 Å². The van der Waals surface area contributed by atoms with Crippen LogP contribution in [-0.4, -0.2) is 24.2 Å². The summed E-state index contributed by atoms with van der Waals surface area (Å²) in [5.74, 6) is 0.121. The van der Waals surface area contributed by atoms with Gasteiger partial charge < -0.3 is 15.2 Å². The van der Waals surface area contributed by atoms with E-state index in [2.05, 4.69) is 5.32 Å². The Balaban J connectivity index is 2.80. The summed E-state index contributed by atoms with van der Waals surface area (Å²) in [6.07, 6.45) is -1.03. The summed E-state index contributed by atoms with van der Waals surface area (Å²) < 4.78 is 5.03. The minimum absolute atomic E-state index is 0.450. The molecule has 14 heavy (non-hydrogen) atoms. The second kappa shape index (κ2) is 4.62. The molecule has 1 unspecified atom stereocenters. The maximum atomic E-state index is 11.2. The lowest BCUT2D eigenvalue weighted by Gasteiger charge is -2.10. The van der Waals surface area contributed by atoms with E-state index in [0.717, 1.165) is 0 Å². The minimum atomic E-state index is -1.03. The summed E-state index contributed by atoms with van der Waals surface area (Å²) in [4.78, 5) is 11.2. The normalized spacial score (nSPS) is 11.9. The number of amides is 1. The van der Waals surface area contributed by atoms with E-state index in [9.17, 15) is 4.79 Å². The van der Waals surface area contributed by atoms with E-state index >= 15 is 0 Å². The summed E-state index contributed by atoms with van der Waals surface area (Å²) in [6.45, 7) is 1.41. The molecule has 0 aromatic heterocycles. The van der Waals surface area contributed by atoms with Gasteiger partial charge in [-0.15, -0.1) is 0 Å². The van der Waals surface area contributed by atoms with Gasteiger partial charge in [0.2, 0.25) is 0 Å². The van der Waals surface area contributed by atoms with Crippen LogP contribution in [0.1, 0.15) is 6.92 Å². The zero-order valence-corrected chi connectivity index (χ0v) is 8.15. The number of ether oxygens (including phenoxy) is 1. The second-order valence-corrected chi connectivity index (χ2v) is 2.87. The van der Waals surface area contributed by atoms with Crippen molar-refractivity contribution in [3.05, 3.63) is 24.3 Å². The topological polar surface area (TPSA) is 58.6 Å². The number of benzene rings is 1. The highest BCUT2D eigenvalue weighted by Crippen LogP contribution is 2.22. The lowest BCUT2D eigenvalue weighted by Crippen LogP contribution is -2.24. The molecule has 0 saturated carbocycles. The van der Waals surface area contributed by atoms with Crippen molar-refractivity contribution in [2.24, 2.45) is 0 Å². The lowest BCUT2D eigenvalue weighted by atomic mass is 10.2. The molecule has 1 atom stereocenters. The van der Waals surface area contributed by atoms with Gasteiger partial charge in [0.15, 0.2) is 0 Å². The Bertz CT molecular complexity index is 323. The van der Waals surface area contributed by atoms with Crippen LogP contribution >= 0.6 is 0 Å². The van der Waals surface area contributed by atoms with Gasteiger partial charge >= 0.3 is 0 Å². The molecule has 0 bridgehead atoms. The summed E-state index contributed by atoms with van der Waals surface area (Å²) in [7, 11) is 1.52. The smallest absolute Gasteiger partial charge is 0.253 e. The average molecular weight is 195 g/mol. The summed E-state index contributed by atoms with van der Waals surface area (Å²) in [5, 5.41) is 11.5. The largest absolute Gasteiger partial charge is 0.495 e. The van der Waals surface area contributed by atoms with Gasteiger partial charge in [-0.25, -0.2) is 0 Å². The predicted molar refractivity (Wildman–Crippen MR) is 53.3 cm³/mol. The molecule has 0 heterocycles. The van der Waals surface area contributed by atoms with Crippen molar-refractivity contribution < 1.29 is 14.6 Å². The molecule has 0 radical (unpaired) electrons. The maximum absolute atomic E-state index is 11.2. The van der Waals surface area contributed by atoms with Gasteiger partial charge in [-0.1, -0.05) is 12.1 Å². The molecule has 1 rings (SSSR count). The number of carbonyl (C=O) groups excluding carboxylic acids is 1. The van der Waals surface area contributed by atoms with Crippen LogP contribution in [0.5, 0.6) is 5.75 Å². The first-order valence-corrected chi connectivity index (χ1v) is 4.27. The standard InChI is InChI=1S/C10H13NO3/c1-7(12)10(13)11-8-5-3-4-6-9(8)14-2/h3-7,12H,1-2H3,(H,11,13). The highest BCUT2D eigenvalue weighted by atomic mass is 16.5. The van der Waals surface area contributed by atoms with Crippen LogP contribution in [0, 0.1) is 0 Å². The monoisotopic (exact) mass is 195 g/mol. The number of hydrogen-bond donors (Lipinski definition) is 2. The van der Waals surface area contributed by atoms with E-state index < -0.39 is 12.0 Å². The quantitative estimate of drug-likeness (QED) is 0.756. The van der Waals surface area contributed by atoms with E-state index in [1.807, 2.05) is 0 Å². The molecule has 0 aliphatic carbocycles. The lowest BCUT2D eigenvalue weighted by molar-refractivity contribution is -0.123. The van der Waals surface area contributed by atoms with Gasteiger partial charge in [0.05, 0.1) is 12.8 Å². The summed E-state index contributed by atoms with van der Waals surface area (Å²) >= 11 is 0. The Labute approximate surface area is 82.5 Å². The molecule has 1 amide bonds. The number of methoxy groups -OCH3 is 1. The van der Waals surface area contributed by atoms with E-state index in [4.69, 9.17) is 9.84 Å². The van der Waals surface area contributed by atoms with E-state index in [-0.39, 0.29) is 0 Å². The highest BCUT2D eigenvalue weighted by molar-refractivity contribution is 5.94. The van der Waals surface area contributed by atoms with Crippen molar-refractivity contribution in [2.45, 2.75) is 13.0 Å². The maximum Gasteiger partial charge on any atom is 0.253 e. The van der Waals surface area contributed by atoms with Crippen molar-refractivity contribution in [2.75, 3.05) is 12.4 Å². The first kappa shape index (κ1) is 10.5. The number of aliphatic hydroxyl groups is 1. The first-order valence-electron chi connectivity index (χ1n) is 4.27. The number of rotatable bonds is 3. The van der Waals surface area contributed by atoms with Crippen LogP contribution in [0.25, 0.3) is 0 Å². The second-order valence-electron chi connectivity index (χ2n) is 2.87. The van der Waals surface area contributed by atoms with Gasteiger partial charge in [-0.3, -0.25) is 4.79 Å². The van der Waals surface area contributed by atoms with Crippen molar-refractivity contribution in [1.82, 2.24) is 0 Å². The Morgan fingerprint density at radius 3 is 2.71 bits per heavy atom. The molecular formula is C10H13NO3. The Morgan fingerprint density at radius 2 is 2.14 bits per heavy atom. The van der Waals surface area contributed by atoms with Crippen LogP contribution in [0.3, 0.4) is 0 Å². The number of carbonyl (C=O) groups is 1. The SMILES string of the molecule is COc1ccccc1NC(=O)C(C)O. The van der Waals surface area contributed by atoms with Crippen molar-refractivity contribution in [1.29, 1.82) is 0 Å². The molecule has 1 aromatic carbocycles. The number of para-hydroxylation sites is 2. The molecule has 76 valence electrons. The molecule has 0 aliphatic heterocycles. The van der Waals surface area contributed by atoms with E-state index in [1.165, 1.54) is 14.0 Å². The highest BCUT2D eigenvalue weighted by Gasteiger charge is 2.10. The van der Waals surface area contributed by atoms with E-state index in [1.54, 1.807) is 24.3 Å². The zero-order chi connectivity index (χ0) is 10.6. The molecule has 0 saturated heterocycles. The van der Waals surface area contributed by atoms with Crippen molar-refractivity contribution in [3.63, 3.8) is 0 Å². The Hall–Kier alpha value is -1.55. The van der Waals surface area contributed by atoms with Gasteiger partial charge in [0.1, 0.15) is 11.9 Å². The molecule has 0 aliphatic rings. The number of nitrogens with one attached hydrogen (secondary N) is 1. The number of hydrogen-bond acceptors (Lipinski definition) is 3. The zero-order valence-electron chi connectivity index (χ0n) is 8.15. The first-order chi connectivity index (χ1) is 6.65. The van der Waals surface area contributed by atoms with E-state index in [0.29, 0.717) is 11.4 Å². The molecule has 4 nitrogen and oxygen atoms in total. The fourth-order valence-electron chi connectivity index (χ4n) is 0.985. The van der Waals surface area contributed by atoms with Crippen LogP contribution in [-0.2, 0) is 4.79 Å². The molecule has 0 fully saturated rings. The number of anilines is 1. The predicted octanol–water partition coefficient (Wildman–Crippen LogP) is 1.01. The van der Waals surface area contributed by atoms with Crippen LogP contribution in [0.15, 0.2) is 24.3 Å². The van der Waals surface area contributed by atoms with Gasteiger partial charge in [-0.2, -0.15) is 0 Å². The van der Waals surface area contributed by atoms with Crippen LogP contribution in [0.2, 0.25) is 0 Å². The van der Waals surface area contributed by atoms with Gasteiger partial charge in [0, 0.05) is 0 Å². The summed E-state index contributed by atoms with van der Waals surface area (Å²) in [6, 6.07) is 7.02. The average Bonchev–Trinajstić information content (AvgIpc) is 2.18. The third-order valence-electron chi connectivity index (χ3n) is 1.74. The molecule has 0 spiro atoms. The fourth-order valence-corrected chi connectivity index (χ4v) is 0.985. The third kappa shape index (κ3) is 2.47. The third-order valence-corrected chi connectivity index (χ3v) is 1.74. The Kier molecular flexibility index (Phi) is 3.48. The van der Waals surface area contributed by atoms with Gasteiger partial charge in [0.25, 0.3) is 5.91 Å². The molecule has 1 aromatic rings. The minimum Gasteiger partial charge on any atom is -0.495 e. The van der Waals surface area contributed by atoms with Gasteiger partial charge in [-0.05, 0) is 19.1 Å². The van der Waals surface area contributed by atoms with Crippen molar-refractivity contribution in [3.8, 4) is 5.75 Å².